The summed E-state index contributed by atoms with van der Waals surface area (Å²) in [6.45, 7) is 2.58. The second-order valence-electron chi connectivity index (χ2n) is 7.16. The minimum absolute atomic E-state index is 0.0533. The van der Waals surface area contributed by atoms with Crippen molar-refractivity contribution in [2.45, 2.75) is 32.3 Å². The quantitative estimate of drug-likeness (QED) is 0.350. The molecule has 0 aliphatic carbocycles. The van der Waals surface area contributed by atoms with Crippen molar-refractivity contribution in [3.63, 3.8) is 0 Å². The second-order valence-corrected chi connectivity index (χ2v) is 7.87. The lowest BCUT2D eigenvalue weighted by atomic mass is 10.1. The maximum Gasteiger partial charge on any atom is 0.382 e. The highest BCUT2D eigenvalue weighted by Gasteiger charge is 2.26. The number of nitro groups is 1. The van der Waals surface area contributed by atoms with Crippen LogP contribution < -0.4 is 4.74 Å². The summed E-state index contributed by atoms with van der Waals surface area (Å²) in [6, 6.07) is 17.5. The lowest BCUT2D eigenvalue weighted by Gasteiger charge is -2.23. The number of aromatic nitrogens is 2. The molecule has 0 radical (unpaired) electrons. The van der Waals surface area contributed by atoms with Crippen molar-refractivity contribution in [1.29, 1.82) is 0 Å². The van der Waals surface area contributed by atoms with Gasteiger partial charge < -0.3 is 24.7 Å². The monoisotopic (exact) mass is 475 g/mol. The summed E-state index contributed by atoms with van der Waals surface area (Å²) in [5, 5.41) is 21.4. The predicted octanol–water partition coefficient (Wildman–Crippen LogP) is 4.10. The zero-order chi connectivity index (χ0) is 21.6. The topological polar surface area (TPSA) is 99.6 Å². The molecular formula is C21H22BrN3O5. The van der Waals surface area contributed by atoms with Gasteiger partial charge in [0, 0.05) is 15.9 Å². The number of benzene rings is 2. The van der Waals surface area contributed by atoms with Crippen molar-refractivity contribution < 1.29 is 19.5 Å². The zero-order valence-corrected chi connectivity index (χ0v) is 18.0. The standard InChI is InChI=1S/C21H22BrN3O5/c1-21(26,14-24-11-19(25(27)28)23-20(24)22)15-29-12-17-7-9-18(10-8-17)30-13-16-5-3-2-4-6-16/h2-11,26H,12-15H2,1H3. The first-order valence-corrected chi connectivity index (χ1v) is 10.0. The van der Waals surface area contributed by atoms with Crippen molar-refractivity contribution in [3.8, 4) is 5.75 Å². The molecule has 3 aromatic rings. The Hall–Kier alpha value is -2.75. The van der Waals surface area contributed by atoms with Gasteiger partial charge in [-0.25, -0.2) is 0 Å². The van der Waals surface area contributed by atoms with Gasteiger partial charge in [-0.1, -0.05) is 42.5 Å². The number of hydrogen-bond acceptors (Lipinski definition) is 6. The number of nitrogens with zero attached hydrogens (tertiary/aromatic N) is 3. The Morgan fingerprint density at radius 1 is 1.13 bits per heavy atom. The number of ether oxygens (including phenoxy) is 2. The lowest BCUT2D eigenvalue weighted by Crippen LogP contribution is -2.35. The van der Waals surface area contributed by atoms with Crippen LogP contribution in [0.2, 0.25) is 0 Å². The van der Waals surface area contributed by atoms with E-state index >= 15 is 0 Å². The number of rotatable bonds is 10. The fourth-order valence-corrected chi connectivity index (χ4v) is 3.21. The van der Waals surface area contributed by atoms with Crippen molar-refractivity contribution >= 4 is 21.7 Å². The first-order chi connectivity index (χ1) is 14.3. The molecule has 1 aromatic heterocycles. The molecule has 3 rings (SSSR count). The summed E-state index contributed by atoms with van der Waals surface area (Å²) >= 11 is 3.16. The largest absolute Gasteiger partial charge is 0.489 e. The molecule has 0 saturated carbocycles. The Kier molecular flexibility index (Phi) is 7.20. The van der Waals surface area contributed by atoms with E-state index in [4.69, 9.17) is 9.47 Å². The zero-order valence-electron chi connectivity index (χ0n) is 16.4. The highest BCUT2D eigenvalue weighted by atomic mass is 79.9. The van der Waals surface area contributed by atoms with Gasteiger partial charge in [0.15, 0.2) is 0 Å². The van der Waals surface area contributed by atoms with Crippen LogP contribution >= 0.6 is 15.9 Å². The minimum atomic E-state index is -1.23. The summed E-state index contributed by atoms with van der Waals surface area (Å²) in [6.07, 6.45) is 1.27. The van der Waals surface area contributed by atoms with Crippen LogP contribution in [-0.4, -0.2) is 31.8 Å². The molecule has 1 heterocycles. The van der Waals surface area contributed by atoms with Crippen molar-refractivity contribution in [2.24, 2.45) is 0 Å². The molecule has 158 valence electrons. The van der Waals surface area contributed by atoms with E-state index in [1.807, 2.05) is 54.6 Å². The van der Waals surface area contributed by atoms with E-state index in [9.17, 15) is 15.2 Å². The summed E-state index contributed by atoms with van der Waals surface area (Å²) < 4.78 is 13.2. The molecular weight excluding hydrogens is 454 g/mol. The number of imidazole rings is 1. The smallest absolute Gasteiger partial charge is 0.382 e. The third-order valence-electron chi connectivity index (χ3n) is 4.27. The van der Waals surface area contributed by atoms with Crippen molar-refractivity contribution in [1.82, 2.24) is 9.55 Å². The van der Waals surface area contributed by atoms with Gasteiger partial charge in [-0.05, 0) is 40.1 Å². The SMILES string of the molecule is CC(O)(COCc1ccc(OCc2ccccc2)cc1)Cn1cc([N+](=O)[O-])nc1Br. The van der Waals surface area contributed by atoms with Gasteiger partial charge in [-0.3, -0.25) is 4.57 Å². The van der Waals surface area contributed by atoms with Gasteiger partial charge in [0.1, 0.15) is 24.2 Å². The van der Waals surface area contributed by atoms with Crippen LogP contribution in [-0.2, 0) is 24.5 Å². The van der Waals surface area contributed by atoms with Crippen LogP contribution in [0, 0.1) is 10.1 Å². The maximum absolute atomic E-state index is 10.8. The van der Waals surface area contributed by atoms with E-state index < -0.39 is 10.5 Å². The Balaban J connectivity index is 1.46. The number of hydrogen-bond donors (Lipinski definition) is 1. The molecule has 2 aromatic carbocycles. The average Bonchev–Trinajstić information content (AvgIpc) is 3.08. The van der Waals surface area contributed by atoms with Gasteiger partial charge in [0.05, 0.1) is 19.8 Å². The summed E-state index contributed by atoms with van der Waals surface area (Å²) in [5.41, 5.74) is 0.815. The first-order valence-electron chi connectivity index (χ1n) is 9.25. The van der Waals surface area contributed by atoms with Crippen LogP contribution in [0.4, 0.5) is 5.82 Å². The van der Waals surface area contributed by atoms with E-state index in [1.54, 1.807) is 6.92 Å². The number of halogens is 1. The molecule has 0 spiro atoms. The van der Waals surface area contributed by atoms with E-state index in [1.165, 1.54) is 10.8 Å². The fourth-order valence-electron chi connectivity index (χ4n) is 2.80. The fraction of sp³-hybridized carbons (Fsp3) is 0.286. The molecule has 1 unspecified atom stereocenters. The molecule has 1 N–H and O–H groups in total. The Labute approximate surface area is 182 Å². The molecule has 0 saturated heterocycles. The van der Waals surface area contributed by atoms with Crippen molar-refractivity contribution in [2.75, 3.05) is 6.61 Å². The highest BCUT2D eigenvalue weighted by molar-refractivity contribution is 9.10. The van der Waals surface area contributed by atoms with Gasteiger partial charge in [0.25, 0.3) is 4.73 Å². The third kappa shape index (κ3) is 6.38. The summed E-state index contributed by atoms with van der Waals surface area (Å²) in [4.78, 5) is 14.0. The van der Waals surface area contributed by atoms with E-state index in [0.717, 1.165) is 16.9 Å². The lowest BCUT2D eigenvalue weighted by molar-refractivity contribution is -0.389. The molecule has 30 heavy (non-hydrogen) atoms. The van der Waals surface area contributed by atoms with Gasteiger partial charge in [0.2, 0.25) is 0 Å². The molecule has 0 bridgehead atoms. The molecule has 8 nitrogen and oxygen atoms in total. The summed E-state index contributed by atoms with van der Waals surface area (Å²) in [7, 11) is 0. The molecule has 0 aliphatic heterocycles. The van der Waals surface area contributed by atoms with Crippen LogP contribution in [0.15, 0.2) is 65.5 Å². The second kappa shape index (κ2) is 9.84. The summed E-state index contributed by atoms with van der Waals surface area (Å²) in [5.74, 6) is 0.481. The van der Waals surface area contributed by atoms with Gasteiger partial charge in [-0.2, -0.15) is 0 Å². The van der Waals surface area contributed by atoms with Crippen LogP contribution in [0.3, 0.4) is 0 Å². The van der Waals surface area contributed by atoms with E-state index in [0.29, 0.717) is 13.2 Å². The Bertz CT molecular complexity index is 974. The number of aliphatic hydroxyl groups is 1. The van der Waals surface area contributed by atoms with Gasteiger partial charge >= 0.3 is 5.82 Å². The van der Waals surface area contributed by atoms with Gasteiger partial charge in [-0.15, -0.1) is 0 Å². The molecule has 0 aliphatic rings. The first kappa shape index (κ1) is 21.9. The highest BCUT2D eigenvalue weighted by Crippen LogP contribution is 2.20. The maximum atomic E-state index is 10.8. The van der Waals surface area contributed by atoms with Crippen LogP contribution in [0.25, 0.3) is 0 Å². The molecule has 1 atom stereocenters. The molecule has 0 amide bonds. The molecule has 0 fully saturated rings. The third-order valence-corrected chi connectivity index (χ3v) is 4.90. The minimum Gasteiger partial charge on any atom is -0.489 e. The van der Waals surface area contributed by atoms with E-state index in [-0.39, 0.29) is 23.7 Å². The van der Waals surface area contributed by atoms with Crippen molar-refractivity contribution in [3.05, 3.63) is 86.8 Å². The van der Waals surface area contributed by atoms with Crippen LogP contribution in [0.5, 0.6) is 5.75 Å². The van der Waals surface area contributed by atoms with Crippen LogP contribution in [0.1, 0.15) is 18.1 Å². The predicted molar refractivity (Wildman–Crippen MR) is 114 cm³/mol. The molecule has 9 heteroatoms. The Morgan fingerprint density at radius 3 is 2.43 bits per heavy atom. The normalized spacial score (nSPS) is 13.0. The average molecular weight is 476 g/mol. The Morgan fingerprint density at radius 2 is 1.80 bits per heavy atom. The van der Waals surface area contributed by atoms with E-state index in [2.05, 4.69) is 20.9 Å².